The molecule has 0 radical (unpaired) electrons. The maximum atomic E-state index is 12.5. The molecule has 3 atom stereocenters. The van der Waals surface area contributed by atoms with Gasteiger partial charge >= 0.3 is 0 Å². The SMILES string of the molecule is Cc1cccc(C2Nc3ccc(NC(=O)CCc4ccccc4)cc3C3C=CCC32)c1. The quantitative estimate of drug-likeness (QED) is 0.480. The van der Waals surface area contributed by atoms with Gasteiger partial charge in [0, 0.05) is 23.7 Å². The monoisotopic (exact) mass is 408 g/mol. The Kier molecular flexibility index (Phi) is 5.33. The van der Waals surface area contributed by atoms with Crippen molar-refractivity contribution in [3.63, 3.8) is 0 Å². The molecule has 2 aliphatic rings. The summed E-state index contributed by atoms with van der Waals surface area (Å²) in [6.07, 6.45) is 6.96. The molecule has 0 saturated heterocycles. The van der Waals surface area contributed by atoms with Gasteiger partial charge in [-0.25, -0.2) is 0 Å². The maximum Gasteiger partial charge on any atom is 0.224 e. The number of carbonyl (C=O) groups is 1. The zero-order valence-corrected chi connectivity index (χ0v) is 17.8. The van der Waals surface area contributed by atoms with Crippen LogP contribution >= 0.6 is 0 Å². The van der Waals surface area contributed by atoms with Crippen LogP contribution in [0.5, 0.6) is 0 Å². The lowest BCUT2D eigenvalue weighted by Crippen LogP contribution is -2.29. The van der Waals surface area contributed by atoms with Crippen LogP contribution in [0.3, 0.4) is 0 Å². The standard InChI is InChI=1S/C28H28N2O/c1-19-7-5-10-21(17-19)28-24-12-6-11-23(24)25-18-22(14-15-26(25)30-28)29-27(31)16-13-20-8-3-2-4-9-20/h2-11,14-15,17-18,23-24,28,30H,12-13,16H2,1H3,(H,29,31). The third kappa shape index (κ3) is 4.13. The number of rotatable bonds is 5. The number of benzene rings is 3. The highest BCUT2D eigenvalue weighted by molar-refractivity contribution is 5.91. The minimum Gasteiger partial charge on any atom is -0.378 e. The number of amides is 1. The van der Waals surface area contributed by atoms with Crippen molar-refractivity contribution < 1.29 is 4.79 Å². The Hall–Kier alpha value is -3.33. The minimum absolute atomic E-state index is 0.0590. The van der Waals surface area contributed by atoms with Gasteiger partial charge in [-0.1, -0.05) is 72.3 Å². The number of hydrogen-bond acceptors (Lipinski definition) is 2. The lowest BCUT2D eigenvalue weighted by atomic mass is 9.77. The van der Waals surface area contributed by atoms with Crippen LogP contribution in [0.1, 0.15) is 47.1 Å². The zero-order chi connectivity index (χ0) is 21.2. The summed E-state index contributed by atoms with van der Waals surface area (Å²) in [4.78, 5) is 12.5. The Morgan fingerprint density at radius 2 is 1.90 bits per heavy atom. The highest BCUT2D eigenvalue weighted by atomic mass is 16.1. The lowest BCUT2D eigenvalue weighted by molar-refractivity contribution is -0.116. The number of allylic oxidation sites excluding steroid dienone is 2. The Morgan fingerprint density at radius 3 is 2.74 bits per heavy atom. The summed E-state index contributed by atoms with van der Waals surface area (Å²) >= 11 is 0. The molecule has 156 valence electrons. The third-order valence-corrected chi connectivity index (χ3v) is 6.53. The Balaban J connectivity index is 1.33. The summed E-state index contributed by atoms with van der Waals surface area (Å²) in [6.45, 7) is 2.15. The number of anilines is 2. The fourth-order valence-corrected chi connectivity index (χ4v) is 4.99. The summed E-state index contributed by atoms with van der Waals surface area (Å²) in [5, 5.41) is 6.89. The molecule has 31 heavy (non-hydrogen) atoms. The summed E-state index contributed by atoms with van der Waals surface area (Å²) in [6, 6.07) is 25.6. The normalized spacial score (nSPS) is 21.1. The van der Waals surface area contributed by atoms with Gasteiger partial charge in [-0.3, -0.25) is 4.79 Å². The Labute approximate surface area is 184 Å². The van der Waals surface area contributed by atoms with Gasteiger partial charge in [0.15, 0.2) is 0 Å². The van der Waals surface area contributed by atoms with Gasteiger partial charge in [-0.05, 0) is 60.6 Å². The van der Waals surface area contributed by atoms with E-state index in [-0.39, 0.29) is 5.91 Å². The number of hydrogen-bond donors (Lipinski definition) is 2. The largest absolute Gasteiger partial charge is 0.378 e. The highest BCUT2D eigenvalue weighted by Gasteiger charge is 2.37. The van der Waals surface area contributed by atoms with Crippen LogP contribution in [-0.4, -0.2) is 5.91 Å². The van der Waals surface area contributed by atoms with E-state index in [1.807, 2.05) is 24.3 Å². The number of carbonyl (C=O) groups excluding carboxylic acids is 1. The molecule has 0 spiro atoms. The Bertz CT molecular complexity index is 1120. The van der Waals surface area contributed by atoms with Gasteiger partial charge in [0.25, 0.3) is 0 Å². The first kappa shape index (κ1) is 19.6. The van der Waals surface area contributed by atoms with E-state index in [2.05, 4.69) is 78.2 Å². The first-order valence-electron chi connectivity index (χ1n) is 11.1. The van der Waals surface area contributed by atoms with Crippen molar-refractivity contribution >= 4 is 17.3 Å². The number of nitrogens with one attached hydrogen (secondary N) is 2. The van der Waals surface area contributed by atoms with Gasteiger partial charge in [0.2, 0.25) is 5.91 Å². The molecular weight excluding hydrogens is 380 g/mol. The van der Waals surface area contributed by atoms with Crippen molar-refractivity contribution in [3.05, 3.63) is 107 Å². The average Bonchev–Trinajstić information content (AvgIpc) is 3.28. The molecule has 3 unspecified atom stereocenters. The smallest absolute Gasteiger partial charge is 0.224 e. The van der Waals surface area contributed by atoms with Crippen molar-refractivity contribution in [2.75, 3.05) is 10.6 Å². The minimum atomic E-state index is 0.0590. The van der Waals surface area contributed by atoms with Crippen molar-refractivity contribution in [3.8, 4) is 0 Å². The van der Waals surface area contributed by atoms with Crippen LogP contribution in [0.4, 0.5) is 11.4 Å². The second-order valence-electron chi connectivity index (χ2n) is 8.73. The van der Waals surface area contributed by atoms with Crippen LogP contribution in [0, 0.1) is 12.8 Å². The lowest BCUT2D eigenvalue weighted by Gasteiger charge is -2.38. The molecule has 0 fully saturated rings. The molecule has 2 N–H and O–H groups in total. The molecule has 3 heteroatoms. The van der Waals surface area contributed by atoms with Gasteiger partial charge in [-0.15, -0.1) is 0 Å². The predicted octanol–water partition coefficient (Wildman–Crippen LogP) is 6.39. The summed E-state index contributed by atoms with van der Waals surface area (Å²) in [5.74, 6) is 0.935. The molecular formula is C28H28N2O. The molecule has 5 rings (SSSR count). The van der Waals surface area contributed by atoms with Gasteiger partial charge in [-0.2, -0.15) is 0 Å². The van der Waals surface area contributed by atoms with E-state index in [9.17, 15) is 4.79 Å². The van der Waals surface area contributed by atoms with Crippen molar-refractivity contribution in [2.45, 2.75) is 38.1 Å². The molecule has 0 saturated carbocycles. The summed E-state index contributed by atoms with van der Waals surface area (Å²) in [5.41, 5.74) is 7.16. The van der Waals surface area contributed by atoms with Crippen LogP contribution in [0.2, 0.25) is 0 Å². The molecule has 0 aromatic heterocycles. The number of fused-ring (bicyclic) bond motifs is 3. The molecule has 1 aliphatic carbocycles. The number of aryl methyl sites for hydroxylation is 2. The van der Waals surface area contributed by atoms with Crippen LogP contribution in [0.15, 0.2) is 84.9 Å². The van der Waals surface area contributed by atoms with Crippen LogP contribution in [0.25, 0.3) is 0 Å². The van der Waals surface area contributed by atoms with Crippen molar-refractivity contribution in [1.29, 1.82) is 0 Å². The summed E-state index contributed by atoms with van der Waals surface area (Å²) < 4.78 is 0. The third-order valence-electron chi connectivity index (χ3n) is 6.53. The van der Waals surface area contributed by atoms with E-state index >= 15 is 0 Å². The second-order valence-corrected chi connectivity index (χ2v) is 8.73. The maximum absolute atomic E-state index is 12.5. The molecule has 3 aromatic carbocycles. The molecule has 1 aliphatic heterocycles. The molecule has 1 amide bonds. The topological polar surface area (TPSA) is 41.1 Å². The molecule has 1 heterocycles. The van der Waals surface area contributed by atoms with Crippen molar-refractivity contribution in [2.24, 2.45) is 5.92 Å². The molecule has 3 nitrogen and oxygen atoms in total. The van der Waals surface area contributed by atoms with Gasteiger partial charge < -0.3 is 10.6 Å². The van der Waals surface area contributed by atoms with E-state index in [1.165, 1.54) is 27.9 Å². The summed E-state index contributed by atoms with van der Waals surface area (Å²) in [7, 11) is 0. The highest BCUT2D eigenvalue weighted by Crippen LogP contribution is 2.50. The van der Waals surface area contributed by atoms with E-state index in [0.717, 1.165) is 18.5 Å². The second kappa shape index (κ2) is 8.43. The van der Waals surface area contributed by atoms with E-state index in [1.54, 1.807) is 0 Å². The van der Waals surface area contributed by atoms with Crippen LogP contribution in [-0.2, 0) is 11.2 Å². The first-order valence-corrected chi connectivity index (χ1v) is 11.1. The molecule has 3 aromatic rings. The molecule has 0 bridgehead atoms. The fourth-order valence-electron chi connectivity index (χ4n) is 4.99. The van der Waals surface area contributed by atoms with Gasteiger partial charge in [0.05, 0.1) is 6.04 Å². The average molecular weight is 409 g/mol. The van der Waals surface area contributed by atoms with E-state index in [0.29, 0.717) is 24.3 Å². The Morgan fingerprint density at radius 1 is 1.03 bits per heavy atom. The van der Waals surface area contributed by atoms with E-state index < -0.39 is 0 Å². The van der Waals surface area contributed by atoms with Crippen molar-refractivity contribution in [1.82, 2.24) is 0 Å². The van der Waals surface area contributed by atoms with E-state index in [4.69, 9.17) is 0 Å². The fraction of sp³-hybridized carbons (Fsp3) is 0.250. The zero-order valence-electron chi connectivity index (χ0n) is 17.8. The first-order chi connectivity index (χ1) is 15.2. The van der Waals surface area contributed by atoms with Gasteiger partial charge in [0.1, 0.15) is 0 Å². The predicted molar refractivity (Wildman–Crippen MR) is 127 cm³/mol. The van der Waals surface area contributed by atoms with Crippen LogP contribution < -0.4 is 10.6 Å².